The fourth-order valence-corrected chi connectivity index (χ4v) is 6.72. The van der Waals surface area contributed by atoms with Gasteiger partial charge in [0.2, 0.25) is 0 Å². The van der Waals surface area contributed by atoms with Crippen molar-refractivity contribution >= 4 is 0 Å². The Bertz CT molecular complexity index is 2510. The van der Waals surface area contributed by atoms with E-state index in [2.05, 4.69) is 111 Å². The Morgan fingerprint density at radius 3 is 1.05 bits per heavy atom. The largest absolute Gasteiger partial charge is 0.207 e. The summed E-state index contributed by atoms with van der Waals surface area (Å²) in [6.45, 7) is 32.3. The van der Waals surface area contributed by atoms with Crippen LogP contribution in [0.4, 0.5) is 30.7 Å². The van der Waals surface area contributed by atoms with Gasteiger partial charge in [-0.05, 0) is 143 Å². The molecule has 0 unspecified atom stereocenters. The van der Waals surface area contributed by atoms with E-state index in [0.717, 1.165) is 28.3 Å². The molecule has 0 atom stereocenters. The fraction of sp³-hybridized carbons (Fsp3) is 0.364. The molecule has 0 bridgehead atoms. The molecule has 0 aromatic heterocycles. The molecule has 398 valence electrons. The van der Waals surface area contributed by atoms with Crippen molar-refractivity contribution in [3.63, 3.8) is 0 Å². The standard InChI is InChI=1S/C10H13F.C10H14.2C9H10F2.2C9H11F.C9H12.CH4/c1-7(2)9-4-8(3)5-10(11)6-9;1-8(2)10-6-4-9(3)5-7-10;1-6(2)9-7(10)4-3-5-8(9)11;1-6(2)7-4-3-5-8(10)9(7)11;1-7(2)8-4-3-5-9(10)6-8;1-7(2)8-5-3-4-6-9(8)10;1-8(2)9-6-4-3-5-7-9;/h4-7H,1-3H3;4-8H,1-3H3;2*3-6H,1-2H3;2*3-7H,1-2H3;3-8H,1-2H3;1H4. The van der Waals surface area contributed by atoms with Crippen molar-refractivity contribution in [2.75, 3.05) is 0 Å². The topological polar surface area (TPSA) is 0 Å². The molecule has 0 aliphatic carbocycles. The average Bonchev–Trinajstić information content (AvgIpc) is 3.31. The highest BCUT2D eigenvalue weighted by atomic mass is 19.2. The van der Waals surface area contributed by atoms with Gasteiger partial charge in [-0.25, -0.2) is 30.7 Å². The van der Waals surface area contributed by atoms with Crippen molar-refractivity contribution < 1.29 is 30.7 Å². The van der Waals surface area contributed by atoms with Gasteiger partial charge in [0.05, 0.1) is 0 Å². The summed E-state index contributed by atoms with van der Waals surface area (Å²) in [7, 11) is 0. The zero-order chi connectivity index (χ0) is 54.7. The molecule has 0 fully saturated rings. The van der Waals surface area contributed by atoms with Crippen molar-refractivity contribution in [1.29, 1.82) is 0 Å². The van der Waals surface area contributed by atoms with E-state index in [0.29, 0.717) is 29.2 Å². The van der Waals surface area contributed by atoms with Crippen molar-refractivity contribution in [2.24, 2.45) is 0 Å². The molecule has 0 heterocycles. The average molecular weight is 1010 g/mol. The molecule has 0 amide bonds. The molecule has 7 heteroatoms. The van der Waals surface area contributed by atoms with Crippen molar-refractivity contribution in [2.45, 2.75) is 160 Å². The van der Waals surface area contributed by atoms with Crippen LogP contribution in [0, 0.1) is 54.6 Å². The van der Waals surface area contributed by atoms with Crippen LogP contribution in [-0.2, 0) is 0 Å². The highest BCUT2D eigenvalue weighted by Crippen LogP contribution is 2.23. The molecule has 0 nitrogen and oxygen atoms in total. The lowest BCUT2D eigenvalue weighted by Crippen LogP contribution is -1.96. The Balaban J connectivity index is 0.000000827. The summed E-state index contributed by atoms with van der Waals surface area (Å²) in [5.41, 5.74) is 8.70. The summed E-state index contributed by atoms with van der Waals surface area (Å²) in [5, 5.41) is 0. The van der Waals surface area contributed by atoms with Crippen LogP contribution in [0.15, 0.2) is 158 Å². The van der Waals surface area contributed by atoms with Crippen LogP contribution in [0.2, 0.25) is 0 Å². The summed E-state index contributed by atoms with van der Waals surface area (Å²) in [6.07, 6.45) is 0. The lowest BCUT2D eigenvalue weighted by Gasteiger charge is -2.06. The summed E-state index contributed by atoms with van der Waals surface area (Å²) in [6, 6.07) is 46.2. The Labute approximate surface area is 437 Å². The molecule has 0 spiro atoms. The van der Waals surface area contributed by atoms with Gasteiger partial charge < -0.3 is 0 Å². The number of rotatable bonds is 7. The van der Waals surface area contributed by atoms with Gasteiger partial charge in [0.25, 0.3) is 0 Å². The van der Waals surface area contributed by atoms with E-state index in [4.69, 9.17) is 0 Å². The normalized spacial score (nSPS) is 10.3. The molecule has 0 radical (unpaired) electrons. The monoisotopic (exact) mass is 1010 g/mol. The van der Waals surface area contributed by atoms with Gasteiger partial charge in [0.1, 0.15) is 29.1 Å². The molecule has 7 rings (SSSR count). The SMILES string of the molecule is C.CC(C)c1c(F)cccc1F.CC(C)c1cccc(F)c1.CC(C)c1cccc(F)c1F.CC(C)c1ccccc1.CC(C)c1ccccc1F.Cc1cc(F)cc(C(C)C)c1.Cc1ccc(C(C)C)cc1. The second kappa shape index (κ2) is 35.2. The molecular weight excluding hydrogens is 926 g/mol. The second-order valence-corrected chi connectivity index (χ2v) is 19.8. The molecule has 0 saturated heterocycles. The molecule has 0 aliphatic heterocycles. The molecule has 0 aliphatic rings. The zero-order valence-corrected chi connectivity index (χ0v) is 45.7. The Hall–Kier alpha value is -5.95. The molecule has 7 aromatic rings. The predicted molar refractivity (Wildman–Crippen MR) is 300 cm³/mol. The zero-order valence-electron chi connectivity index (χ0n) is 45.7. The molecular formula is C66H85F7. The fourth-order valence-electron chi connectivity index (χ4n) is 6.72. The third-order valence-electron chi connectivity index (χ3n) is 11.2. The maximum absolute atomic E-state index is 12.9. The first-order valence-electron chi connectivity index (χ1n) is 25.0. The number of aryl methyl sites for hydroxylation is 2. The number of hydrogen-bond acceptors (Lipinski definition) is 0. The molecule has 7 aromatic carbocycles. The quantitative estimate of drug-likeness (QED) is 0.140. The summed E-state index contributed by atoms with van der Waals surface area (Å²) >= 11 is 0. The van der Waals surface area contributed by atoms with Gasteiger partial charge in [0.15, 0.2) is 11.6 Å². The van der Waals surface area contributed by atoms with Gasteiger partial charge in [-0.3, -0.25) is 0 Å². The summed E-state index contributed by atoms with van der Waals surface area (Å²) in [5.74, 6) is -0.439. The maximum Gasteiger partial charge on any atom is 0.162 e. The van der Waals surface area contributed by atoms with Crippen LogP contribution >= 0.6 is 0 Å². The van der Waals surface area contributed by atoms with E-state index in [1.807, 2.05) is 65.0 Å². The summed E-state index contributed by atoms with van der Waals surface area (Å²) in [4.78, 5) is 0. The van der Waals surface area contributed by atoms with Gasteiger partial charge in [-0.2, -0.15) is 0 Å². The van der Waals surface area contributed by atoms with Crippen LogP contribution in [0.1, 0.15) is 196 Å². The van der Waals surface area contributed by atoms with Crippen LogP contribution < -0.4 is 0 Å². The maximum atomic E-state index is 12.9. The van der Waals surface area contributed by atoms with Crippen LogP contribution in [0.5, 0.6) is 0 Å². The number of halogens is 7. The van der Waals surface area contributed by atoms with E-state index in [1.54, 1.807) is 50.2 Å². The van der Waals surface area contributed by atoms with Gasteiger partial charge in [-0.1, -0.05) is 219 Å². The minimum absolute atomic E-state index is 0. The van der Waals surface area contributed by atoms with Gasteiger partial charge in [-0.15, -0.1) is 0 Å². The predicted octanol–water partition coefficient (Wildman–Crippen LogP) is 21.9. The van der Waals surface area contributed by atoms with Crippen LogP contribution in [0.3, 0.4) is 0 Å². The highest BCUT2D eigenvalue weighted by Gasteiger charge is 2.11. The van der Waals surface area contributed by atoms with Crippen LogP contribution in [0.25, 0.3) is 0 Å². The Morgan fingerprint density at radius 2 is 0.671 bits per heavy atom. The first-order chi connectivity index (χ1) is 33.8. The summed E-state index contributed by atoms with van der Waals surface area (Å²) < 4.78 is 89.3. The van der Waals surface area contributed by atoms with Crippen molar-refractivity contribution in [3.05, 3.63) is 249 Å². The third kappa shape index (κ3) is 26.5. The van der Waals surface area contributed by atoms with Crippen molar-refractivity contribution in [3.8, 4) is 0 Å². The number of hydrogen-bond donors (Lipinski definition) is 0. The van der Waals surface area contributed by atoms with Gasteiger partial charge >= 0.3 is 0 Å². The minimum atomic E-state index is -0.767. The van der Waals surface area contributed by atoms with E-state index in [9.17, 15) is 30.7 Å². The Kier molecular flexibility index (Phi) is 32.4. The van der Waals surface area contributed by atoms with E-state index < -0.39 is 23.3 Å². The molecule has 0 N–H and O–H groups in total. The lowest BCUT2D eigenvalue weighted by molar-refractivity contribution is 0.494. The van der Waals surface area contributed by atoms with Crippen molar-refractivity contribution in [1.82, 2.24) is 0 Å². The molecule has 0 saturated carbocycles. The first-order valence-corrected chi connectivity index (χ1v) is 25.0. The van der Waals surface area contributed by atoms with Gasteiger partial charge in [0, 0.05) is 5.56 Å². The lowest BCUT2D eigenvalue weighted by atomic mass is 10.0. The highest BCUT2D eigenvalue weighted by molar-refractivity contribution is 5.27. The Morgan fingerprint density at radius 1 is 0.274 bits per heavy atom. The van der Waals surface area contributed by atoms with Crippen LogP contribution in [-0.4, -0.2) is 0 Å². The molecule has 73 heavy (non-hydrogen) atoms. The minimum Gasteiger partial charge on any atom is -0.207 e. The number of benzene rings is 7. The third-order valence-corrected chi connectivity index (χ3v) is 11.2. The van der Waals surface area contributed by atoms with E-state index in [-0.39, 0.29) is 48.2 Å². The second-order valence-electron chi connectivity index (χ2n) is 19.8. The smallest absolute Gasteiger partial charge is 0.162 e. The first kappa shape index (κ1) is 67.0. The van der Waals surface area contributed by atoms with E-state index in [1.165, 1.54) is 53.1 Å². The van der Waals surface area contributed by atoms with E-state index >= 15 is 0 Å².